The number of hydrogen-bond acceptors (Lipinski definition) is 7. The first kappa shape index (κ1) is 16.4. The quantitative estimate of drug-likeness (QED) is 0.488. The number of aromatic nitrogens is 1. The topological polar surface area (TPSA) is 128 Å². The lowest BCUT2D eigenvalue weighted by molar-refractivity contribution is -0.385. The highest BCUT2D eigenvalue weighted by atomic mass is 32.2. The summed E-state index contributed by atoms with van der Waals surface area (Å²) in [6, 6.07) is 8.53. The zero-order valence-corrected chi connectivity index (χ0v) is 12.4. The number of para-hydroxylation sites is 2. The van der Waals surface area contributed by atoms with Crippen molar-refractivity contribution in [2.24, 2.45) is 0 Å². The number of carbonyl (C=O) groups is 1. The maximum absolute atomic E-state index is 11.8. The molecule has 0 saturated carbocycles. The lowest BCUT2D eigenvalue weighted by Crippen LogP contribution is -2.15. The Hall–Kier alpha value is -3.01. The number of benzene rings is 1. The second-order valence-electron chi connectivity index (χ2n) is 4.22. The van der Waals surface area contributed by atoms with Crippen LogP contribution in [0.2, 0.25) is 0 Å². The van der Waals surface area contributed by atoms with Crippen molar-refractivity contribution in [3.8, 4) is 0 Å². The van der Waals surface area contributed by atoms with Crippen LogP contribution in [0.15, 0.2) is 47.6 Å². The number of rotatable bonds is 6. The molecular weight excluding hydrogens is 324 g/mol. The first-order valence-electron chi connectivity index (χ1n) is 6.24. The summed E-state index contributed by atoms with van der Waals surface area (Å²) in [6.45, 7) is 0. The van der Waals surface area contributed by atoms with Gasteiger partial charge in [0.1, 0.15) is 11.9 Å². The Morgan fingerprint density at radius 2 is 1.87 bits per heavy atom. The number of thioether (sulfide) groups is 1. The molecule has 1 aromatic carbocycles. The molecule has 0 bridgehead atoms. The van der Waals surface area contributed by atoms with Crippen molar-refractivity contribution >= 4 is 34.7 Å². The van der Waals surface area contributed by atoms with Gasteiger partial charge in [0.15, 0.2) is 0 Å². The van der Waals surface area contributed by atoms with E-state index >= 15 is 0 Å². The van der Waals surface area contributed by atoms with Crippen molar-refractivity contribution in [3.05, 3.63) is 62.8 Å². The fourth-order valence-electron chi connectivity index (χ4n) is 1.63. The zero-order valence-electron chi connectivity index (χ0n) is 11.5. The monoisotopic (exact) mass is 334 g/mol. The van der Waals surface area contributed by atoms with Gasteiger partial charge in [-0.15, -0.1) is 0 Å². The van der Waals surface area contributed by atoms with Crippen molar-refractivity contribution in [2.75, 3.05) is 11.1 Å². The lowest BCUT2D eigenvalue weighted by Gasteiger charge is -2.05. The van der Waals surface area contributed by atoms with Crippen LogP contribution in [-0.4, -0.2) is 26.5 Å². The van der Waals surface area contributed by atoms with E-state index in [4.69, 9.17) is 0 Å². The number of nitrogens with zero attached hydrogens (tertiary/aromatic N) is 3. The van der Waals surface area contributed by atoms with E-state index in [1.165, 1.54) is 30.3 Å². The SMILES string of the molecule is O=C(CSc1ccc([N+](=O)[O-])cn1)Nc1ccccc1[N+](=O)[O-]. The number of carbonyl (C=O) groups excluding carboxylic acids is 1. The smallest absolute Gasteiger partial charge is 0.292 e. The number of nitrogens with one attached hydrogen (secondary N) is 1. The van der Waals surface area contributed by atoms with Crippen LogP contribution in [0, 0.1) is 20.2 Å². The molecular formula is C13H10N4O5S. The van der Waals surface area contributed by atoms with Gasteiger partial charge in [-0.1, -0.05) is 23.9 Å². The van der Waals surface area contributed by atoms with Crippen LogP contribution in [-0.2, 0) is 4.79 Å². The first-order chi connectivity index (χ1) is 11.0. The molecule has 1 aromatic heterocycles. The summed E-state index contributed by atoms with van der Waals surface area (Å²) in [6.07, 6.45) is 1.10. The normalized spacial score (nSPS) is 10.1. The standard InChI is InChI=1S/C13H10N4O5S/c18-12(15-10-3-1-2-4-11(10)17(21)22)8-23-13-6-5-9(7-14-13)16(19)20/h1-7H,8H2,(H,15,18). The number of hydrogen-bond donors (Lipinski definition) is 1. The molecule has 0 radical (unpaired) electrons. The minimum absolute atomic E-state index is 0.0309. The first-order valence-corrected chi connectivity index (χ1v) is 7.22. The third-order valence-corrected chi connectivity index (χ3v) is 3.60. The molecule has 9 nitrogen and oxygen atoms in total. The van der Waals surface area contributed by atoms with Crippen LogP contribution in [0.5, 0.6) is 0 Å². The molecule has 0 spiro atoms. The van der Waals surface area contributed by atoms with E-state index < -0.39 is 15.8 Å². The molecule has 0 aliphatic rings. The van der Waals surface area contributed by atoms with Crippen LogP contribution >= 0.6 is 11.8 Å². The number of nitro groups is 2. The predicted octanol–water partition coefficient (Wildman–Crippen LogP) is 2.63. The second kappa shape index (κ2) is 7.31. The average Bonchev–Trinajstić information content (AvgIpc) is 2.53. The van der Waals surface area contributed by atoms with E-state index in [1.54, 1.807) is 6.07 Å². The van der Waals surface area contributed by atoms with Gasteiger partial charge < -0.3 is 5.32 Å². The van der Waals surface area contributed by atoms with Crippen molar-refractivity contribution in [2.45, 2.75) is 5.03 Å². The fraction of sp³-hybridized carbons (Fsp3) is 0.0769. The number of anilines is 1. The van der Waals surface area contributed by atoms with Gasteiger partial charge in [-0.3, -0.25) is 25.0 Å². The van der Waals surface area contributed by atoms with Gasteiger partial charge in [0.2, 0.25) is 5.91 Å². The van der Waals surface area contributed by atoms with E-state index in [1.807, 2.05) is 0 Å². The fourth-order valence-corrected chi connectivity index (χ4v) is 2.27. The van der Waals surface area contributed by atoms with Crippen LogP contribution < -0.4 is 5.32 Å². The maximum Gasteiger partial charge on any atom is 0.292 e. The zero-order chi connectivity index (χ0) is 16.8. The van der Waals surface area contributed by atoms with Gasteiger partial charge in [0, 0.05) is 12.1 Å². The summed E-state index contributed by atoms with van der Waals surface area (Å²) in [4.78, 5) is 35.9. The van der Waals surface area contributed by atoms with Crippen molar-refractivity contribution in [1.29, 1.82) is 0 Å². The summed E-state index contributed by atoms with van der Waals surface area (Å²) in [5, 5.41) is 24.3. The van der Waals surface area contributed by atoms with Gasteiger partial charge in [0.25, 0.3) is 11.4 Å². The van der Waals surface area contributed by atoms with Crippen molar-refractivity contribution in [3.63, 3.8) is 0 Å². The molecule has 1 N–H and O–H groups in total. The van der Waals surface area contributed by atoms with Crippen LogP contribution in [0.4, 0.5) is 17.1 Å². The second-order valence-corrected chi connectivity index (χ2v) is 5.22. The number of amides is 1. The summed E-state index contributed by atoms with van der Waals surface area (Å²) >= 11 is 1.07. The molecule has 0 fully saturated rings. The van der Waals surface area contributed by atoms with E-state index in [9.17, 15) is 25.0 Å². The van der Waals surface area contributed by atoms with Crippen LogP contribution in [0.1, 0.15) is 0 Å². The van der Waals surface area contributed by atoms with E-state index in [2.05, 4.69) is 10.3 Å². The Labute approximate surface area is 134 Å². The van der Waals surface area contributed by atoms with E-state index in [0.29, 0.717) is 5.03 Å². The highest BCUT2D eigenvalue weighted by Gasteiger charge is 2.15. The Morgan fingerprint density at radius 3 is 2.48 bits per heavy atom. The third kappa shape index (κ3) is 4.48. The predicted molar refractivity (Wildman–Crippen MR) is 83.3 cm³/mol. The third-order valence-electron chi connectivity index (χ3n) is 2.66. The Morgan fingerprint density at radius 1 is 1.13 bits per heavy atom. The van der Waals surface area contributed by atoms with E-state index in [0.717, 1.165) is 18.0 Å². The van der Waals surface area contributed by atoms with Gasteiger partial charge in [0.05, 0.1) is 20.6 Å². The Kier molecular flexibility index (Phi) is 5.20. The highest BCUT2D eigenvalue weighted by molar-refractivity contribution is 7.99. The lowest BCUT2D eigenvalue weighted by atomic mass is 10.2. The molecule has 2 rings (SSSR count). The highest BCUT2D eigenvalue weighted by Crippen LogP contribution is 2.24. The van der Waals surface area contributed by atoms with Crippen molar-refractivity contribution in [1.82, 2.24) is 4.98 Å². The Balaban J connectivity index is 1.95. The minimum atomic E-state index is -0.583. The maximum atomic E-state index is 11.8. The molecule has 2 aromatic rings. The molecule has 0 atom stereocenters. The van der Waals surface area contributed by atoms with Gasteiger partial charge in [-0.25, -0.2) is 4.98 Å². The Bertz CT molecular complexity index is 750. The number of pyridine rings is 1. The molecule has 1 amide bonds. The van der Waals surface area contributed by atoms with Gasteiger partial charge >= 0.3 is 0 Å². The molecule has 0 unspecified atom stereocenters. The summed E-state index contributed by atoms with van der Waals surface area (Å²) in [7, 11) is 0. The average molecular weight is 334 g/mol. The van der Waals surface area contributed by atoms with E-state index in [-0.39, 0.29) is 22.8 Å². The largest absolute Gasteiger partial charge is 0.320 e. The van der Waals surface area contributed by atoms with Crippen LogP contribution in [0.25, 0.3) is 0 Å². The molecule has 10 heteroatoms. The van der Waals surface area contributed by atoms with Crippen LogP contribution in [0.3, 0.4) is 0 Å². The molecule has 0 aliphatic carbocycles. The summed E-state index contributed by atoms with van der Waals surface area (Å²) in [5.74, 6) is -0.471. The molecule has 23 heavy (non-hydrogen) atoms. The van der Waals surface area contributed by atoms with Gasteiger partial charge in [-0.05, 0) is 12.1 Å². The summed E-state index contributed by atoms with van der Waals surface area (Å²) < 4.78 is 0. The molecule has 1 heterocycles. The number of nitro benzene ring substituents is 1. The molecule has 118 valence electrons. The van der Waals surface area contributed by atoms with Gasteiger partial charge in [-0.2, -0.15) is 0 Å². The minimum Gasteiger partial charge on any atom is -0.320 e. The van der Waals surface area contributed by atoms with Crippen molar-refractivity contribution < 1.29 is 14.6 Å². The molecule has 0 aliphatic heterocycles. The summed E-state index contributed by atoms with van der Waals surface area (Å²) in [5.41, 5.74) is -0.224. The molecule has 0 saturated heterocycles.